The van der Waals surface area contributed by atoms with Crippen LogP contribution in [0.15, 0.2) is 24.3 Å². The summed E-state index contributed by atoms with van der Waals surface area (Å²) in [6, 6.07) is 7.95. The van der Waals surface area contributed by atoms with E-state index in [-0.39, 0.29) is 5.91 Å². The first-order valence-corrected chi connectivity index (χ1v) is 7.35. The molecular weight excluding hydrogens is 248 g/mol. The summed E-state index contributed by atoms with van der Waals surface area (Å²) < 4.78 is 0. The molecule has 2 unspecified atom stereocenters. The van der Waals surface area contributed by atoms with Gasteiger partial charge in [0, 0.05) is 18.0 Å². The van der Waals surface area contributed by atoms with E-state index >= 15 is 0 Å². The van der Waals surface area contributed by atoms with Crippen LogP contribution in [-0.4, -0.2) is 12.5 Å². The first-order valence-electron chi connectivity index (χ1n) is 7.35. The molecule has 2 aliphatic carbocycles. The fraction of sp³-hybridized carbons (Fsp3) is 0.471. The summed E-state index contributed by atoms with van der Waals surface area (Å²) in [5.41, 5.74) is 7.41. The highest BCUT2D eigenvalue weighted by molar-refractivity contribution is 5.82. The van der Waals surface area contributed by atoms with Gasteiger partial charge in [-0.15, -0.1) is 0 Å². The molecule has 1 aromatic carbocycles. The lowest BCUT2D eigenvalue weighted by molar-refractivity contribution is -0.123. The van der Waals surface area contributed by atoms with Gasteiger partial charge in [-0.3, -0.25) is 4.79 Å². The monoisotopic (exact) mass is 268 g/mol. The number of rotatable bonds is 3. The molecule has 2 fully saturated rings. The second-order valence-electron chi connectivity index (χ2n) is 5.71. The highest BCUT2D eigenvalue weighted by Crippen LogP contribution is 2.57. The molecule has 0 radical (unpaired) electrons. The van der Waals surface area contributed by atoms with Crippen LogP contribution < -0.4 is 11.1 Å². The maximum absolute atomic E-state index is 12.1. The van der Waals surface area contributed by atoms with Gasteiger partial charge in [0.25, 0.3) is 0 Å². The minimum atomic E-state index is 0.242. The van der Waals surface area contributed by atoms with Crippen LogP contribution in [0.3, 0.4) is 0 Å². The molecule has 2 saturated carbocycles. The molecule has 0 aromatic heterocycles. The van der Waals surface area contributed by atoms with Crippen molar-refractivity contribution in [1.29, 1.82) is 0 Å². The largest absolute Gasteiger partial charge is 0.352 e. The Morgan fingerprint density at radius 3 is 2.60 bits per heavy atom. The summed E-state index contributed by atoms with van der Waals surface area (Å²) in [5, 5.41) is 3.06. The maximum Gasteiger partial charge on any atom is 0.223 e. The van der Waals surface area contributed by atoms with Crippen molar-refractivity contribution in [2.45, 2.75) is 25.8 Å². The number of hydrogen-bond acceptors (Lipinski definition) is 2. The highest BCUT2D eigenvalue weighted by atomic mass is 16.2. The van der Waals surface area contributed by atoms with Gasteiger partial charge < -0.3 is 11.1 Å². The van der Waals surface area contributed by atoms with Crippen molar-refractivity contribution in [3.05, 3.63) is 35.4 Å². The van der Waals surface area contributed by atoms with Crippen molar-refractivity contribution >= 4 is 5.91 Å². The molecule has 0 heterocycles. The molecule has 1 amide bonds. The van der Waals surface area contributed by atoms with Gasteiger partial charge >= 0.3 is 0 Å². The number of nitrogens with one attached hydrogen (secondary N) is 1. The van der Waals surface area contributed by atoms with Crippen molar-refractivity contribution in [2.75, 3.05) is 6.54 Å². The Bertz CT molecular complexity index is 543. The predicted molar refractivity (Wildman–Crippen MR) is 78.5 cm³/mol. The van der Waals surface area contributed by atoms with Gasteiger partial charge in [0.1, 0.15) is 0 Å². The third-order valence-corrected chi connectivity index (χ3v) is 4.46. The molecule has 2 atom stereocenters. The number of carbonyl (C=O) groups is 1. The number of carbonyl (C=O) groups excluding carboxylic acids is 1. The van der Waals surface area contributed by atoms with Gasteiger partial charge in [-0.05, 0) is 42.4 Å². The van der Waals surface area contributed by atoms with E-state index in [0.29, 0.717) is 30.8 Å². The number of benzene rings is 1. The number of nitrogens with two attached hydrogens (primary N) is 1. The molecule has 20 heavy (non-hydrogen) atoms. The predicted octanol–water partition coefficient (Wildman–Crippen LogP) is 1.66. The molecule has 104 valence electrons. The van der Waals surface area contributed by atoms with E-state index in [1.165, 1.54) is 19.3 Å². The summed E-state index contributed by atoms with van der Waals surface area (Å²) >= 11 is 0. The Morgan fingerprint density at radius 2 is 1.95 bits per heavy atom. The van der Waals surface area contributed by atoms with E-state index < -0.39 is 0 Å². The summed E-state index contributed by atoms with van der Waals surface area (Å²) in [6.45, 7) is 0.987. The minimum Gasteiger partial charge on any atom is -0.352 e. The van der Waals surface area contributed by atoms with Crippen molar-refractivity contribution in [2.24, 2.45) is 23.5 Å². The van der Waals surface area contributed by atoms with E-state index in [1.807, 2.05) is 24.3 Å². The molecule has 3 rings (SSSR count). The average molecular weight is 268 g/mol. The van der Waals surface area contributed by atoms with E-state index in [9.17, 15) is 4.79 Å². The summed E-state index contributed by atoms with van der Waals surface area (Å²) in [6.07, 6.45) is 3.80. The van der Waals surface area contributed by atoms with Gasteiger partial charge in [0.15, 0.2) is 0 Å². The second-order valence-corrected chi connectivity index (χ2v) is 5.71. The SMILES string of the molecule is NCC#Cc1ccc(CNC(=O)C2C3CCCC32)cc1. The van der Waals surface area contributed by atoms with Crippen molar-refractivity contribution < 1.29 is 4.79 Å². The van der Waals surface area contributed by atoms with Gasteiger partial charge in [-0.25, -0.2) is 0 Å². The first-order chi connectivity index (χ1) is 9.79. The van der Waals surface area contributed by atoms with Crippen molar-refractivity contribution in [3.8, 4) is 11.8 Å². The molecule has 0 saturated heterocycles. The van der Waals surface area contributed by atoms with Gasteiger partial charge in [-0.2, -0.15) is 0 Å². The summed E-state index contributed by atoms with van der Waals surface area (Å²) in [4.78, 5) is 12.1. The van der Waals surface area contributed by atoms with Crippen LogP contribution in [0, 0.1) is 29.6 Å². The minimum absolute atomic E-state index is 0.242. The zero-order chi connectivity index (χ0) is 13.9. The third kappa shape index (κ3) is 2.71. The quantitative estimate of drug-likeness (QED) is 0.819. The van der Waals surface area contributed by atoms with Crippen LogP contribution in [0.4, 0.5) is 0 Å². The summed E-state index contributed by atoms with van der Waals surface area (Å²) in [7, 11) is 0. The molecular formula is C17H20N2O. The zero-order valence-corrected chi connectivity index (χ0v) is 11.6. The fourth-order valence-electron chi connectivity index (χ4n) is 3.38. The Kier molecular flexibility index (Phi) is 3.75. The number of hydrogen-bond donors (Lipinski definition) is 2. The number of amides is 1. The van der Waals surface area contributed by atoms with E-state index in [1.54, 1.807) is 0 Å². The van der Waals surface area contributed by atoms with Crippen molar-refractivity contribution in [1.82, 2.24) is 5.32 Å². The van der Waals surface area contributed by atoms with Crippen LogP contribution in [-0.2, 0) is 11.3 Å². The smallest absolute Gasteiger partial charge is 0.223 e. The van der Waals surface area contributed by atoms with Crippen LogP contribution in [0.5, 0.6) is 0 Å². The molecule has 3 nitrogen and oxygen atoms in total. The number of fused-ring (bicyclic) bond motifs is 1. The van der Waals surface area contributed by atoms with Crippen molar-refractivity contribution in [3.63, 3.8) is 0 Å². The van der Waals surface area contributed by atoms with E-state index in [2.05, 4.69) is 17.2 Å². The Balaban J connectivity index is 1.50. The Morgan fingerprint density at radius 1 is 1.25 bits per heavy atom. The van der Waals surface area contributed by atoms with E-state index in [0.717, 1.165) is 11.1 Å². The van der Waals surface area contributed by atoms with Crippen LogP contribution in [0.2, 0.25) is 0 Å². The molecule has 1 aromatic rings. The molecule has 0 aliphatic heterocycles. The molecule has 3 N–H and O–H groups in total. The molecule has 2 aliphatic rings. The van der Waals surface area contributed by atoms with Gasteiger partial charge in [0.2, 0.25) is 5.91 Å². The van der Waals surface area contributed by atoms with Crippen LogP contribution in [0.1, 0.15) is 30.4 Å². The van der Waals surface area contributed by atoms with E-state index in [4.69, 9.17) is 5.73 Å². The van der Waals surface area contributed by atoms with Crippen LogP contribution in [0.25, 0.3) is 0 Å². The lowest BCUT2D eigenvalue weighted by atomic mass is 10.1. The first kappa shape index (κ1) is 13.2. The standard InChI is InChI=1S/C17H20N2O/c18-10-2-3-12-6-8-13(9-7-12)11-19-17(20)16-14-4-1-5-15(14)16/h6-9,14-16H,1,4-5,10-11,18H2,(H,19,20). The maximum atomic E-state index is 12.1. The third-order valence-electron chi connectivity index (χ3n) is 4.46. The van der Waals surface area contributed by atoms with Crippen LogP contribution >= 0.6 is 0 Å². The fourth-order valence-corrected chi connectivity index (χ4v) is 3.38. The lowest BCUT2D eigenvalue weighted by Crippen LogP contribution is -2.26. The normalized spacial score (nSPS) is 26.4. The lowest BCUT2D eigenvalue weighted by Gasteiger charge is -2.06. The second kappa shape index (κ2) is 5.68. The van der Waals surface area contributed by atoms with Gasteiger partial charge in [0.05, 0.1) is 6.54 Å². The highest BCUT2D eigenvalue weighted by Gasteiger charge is 2.56. The Labute approximate surface area is 119 Å². The van der Waals surface area contributed by atoms with Gasteiger partial charge in [-0.1, -0.05) is 30.4 Å². The topological polar surface area (TPSA) is 55.1 Å². The summed E-state index contributed by atoms with van der Waals surface area (Å²) in [5.74, 6) is 7.73. The average Bonchev–Trinajstić information content (AvgIpc) is 2.96. The molecule has 0 spiro atoms. The molecule has 0 bridgehead atoms. The Hall–Kier alpha value is -1.79. The zero-order valence-electron chi connectivity index (χ0n) is 11.6. The molecule has 3 heteroatoms.